The number of carbonyl (C=O) groups is 1. The minimum absolute atomic E-state index is 0.0882. The number of benzene rings is 1. The fraction of sp³-hybridized carbons (Fsp3) is 0.429. The van der Waals surface area contributed by atoms with E-state index in [-0.39, 0.29) is 12.1 Å². The maximum absolute atomic E-state index is 12.9. The van der Waals surface area contributed by atoms with Crippen LogP contribution in [0.5, 0.6) is 5.75 Å². The van der Waals surface area contributed by atoms with Gasteiger partial charge in [0.15, 0.2) is 0 Å². The molecule has 1 heterocycles. The number of hydrogen-bond donors (Lipinski definition) is 1. The van der Waals surface area contributed by atoms with Crippen LogP contribution in [-0.2, 0) is 23.9 Å². The molecule has 30 heavy (non-hydrogen) atoms. The standard InChI is InChI=1S/C21H24ClF3N2O3/c1-13(2)30-17-8-6-15(7-9-17)5-4-14(3)26-19(28)12-27-11-16(21(23,24)25)10-18(22)20(27)29/h6-11,13-14H,4-5,12H2,1-3H3,(H,26,28)/t14-/m1/s1. The molecule has 0 bridgehead atoms. The largest absolute Gasteiger partial charge is 0.491 e. The quantitative estimate of drug-likeness (QED) is 0.654. The van der Waals surface area contributed by atoms with Crippen molar-refractivity contribution in [2.75, 3.05) is 0 Å². The molecule has 0 radical (unpaired) electrons. The van der Waals surface area contributed by atoms with Crippen molar-refractivity contribution in [2.45, 2.75) is 58.5 Å². The summed E-state index contributed by atoms with van der Waals surface area (Å²) in [5.41, 5.74) is -0.873. The molecule has 5 nitrogen and oxygen atoms in total. The highest BCUT2D eigenvalue weighted by Crippen LogP contribution is 2.29. The van der Waals surface area contributed by atoms with Gasteiger partial charge >= 0.3 is 6.18 Å². The van der Waals surface area contributed by atoms with Crippen LogP contribution in [-0.4, -0.2) is 22.6 Å². The van der Waals surface area contributed by atoms with Gasteiger partial charge in [-0.3, -0.25) is 9.59 Å². The van der Waals surface area contributed by atoms with Gasteiger partial charge < -0.3 is 14.6 Å². The molecule has 0 aliphatic rings. The Morgan fingerprint density at radius 3 is 2.40 bits per heavy atom. The van der Waals surface area contributed by atoms with E-state index in [0.29, 0.717) is 29.7 Å². The van der Waals surface area contributed by atoms with Crippen LogP contribution in [0.1, 0.15) is 38.3 Å². The molecule has 1 amide bonds. The number of amides is 1. The molecule has 1 atom stereocenters. The molecule has 0 saturated heterocycles. The number of rotatable bonds is 8. The van der Waals surface area contributed by atoms with E-state index < -0.39 is 34.8 Å². The Bertz CT molecular complexity index is 925. The van der Waals surface area contributed by atoms with Crippen molar-refractivity contribution in [3.63, 3.8) is 0 Å². The minimum Gasteiger partial charge on any atom is -0.491 e. The van der Waals surface area contributed by atoms with Crippen molar-refractivity contribution in [3.05, 3.63) is 63.0 Å². The van der Waals surface area contributed by atoms with Crippen molar-refractivity contribution in [1.29, 1.82) is 0 Å². The average molecular weight is 445 g/mol. The summed E-state index contributed by atoms with van der Waals surface area (Å²) in [6.45, 7) is 5.13. The van der Waals surface area contributed by atoms with Gasteiger partial charge in [-0.05, 0) is 57.4 Å². The molecule has 164 valence electrons. The summed E-state index contributed by atoms with van der Waals surface area (Å²) >= 11 is 5.60. The molecular formula is C21H24ClF3N2O3. The third kappa shape index (κ3) is 7.09. The lowest BCUT2D eigenvalue weighted by Crippen LogP contribution is -2.38. The van der Waals surface area contributed by atoms with Crippen molar-refractivity contribution >= 4 is 17.5 Å². The SMILES string of the molecule is CC(C)Oc1ccc(CC[C@@H](C)NC(=O)Cn2cc(C(F)(F)F)cc(Cl)c2=O)cc1. The smallest absolute Gasteiger partial charge is 0.417 e. The number of carbonyl (C=O) groups excluding carboxylic acids is 1. The van der Waals surface area contributed by atoms with Crippen molar-refractivity contribution < 1.29 is 22.7 Å². The van der Waals surface area contributed by atoms with Crippen molar-refractivity contribution in [2.24, 2.45) is 0 Å². The van der Waals surface area contributed by atoms with Crippen LogP contribution in [0.3, 0.4) is 0 Å². The molecule has 1 aromatic heterocycles. The van der Waals surface area contributed by atoms with E-state index in [2.05, 4.69) is 5.32 Å². The van der Waals surface area contributed by atoms with E-state index in [1.54, 1.807) is 6.92 Å². The van der Waals surface area contributed by atoms with Crippen LogP contribution in [0.4, 0.5) is 13.2 Å². The lowest BCUT2D eigenvalue weighted by molar-refractivity contribution is -0.138. The first-order chi connectivity index (χ1) is 14.0. The molecule has 0 unspecified atom stereocenters. The number of nitrogens with one attached hydrogen (secondary N) is 1. The minimum atomic E-state index is -4.67. The number of halogens is 4. The Balaban J connectivity index is 1.92. The lowest BCUT2D eigenvalue weighted by atomic mass is 10.1. The second-order valence-electron chi connectivity index (χ2n) is 7.33. The van der Waals surface area contributed by atoms with Gasteiger partial charge in [0.1, 0.15) is 17.3 Å². The zero-order valence-corrected chi connectivity index (χ0v) is 17.7. The second kappa shape index (κ2) is 10.0. The molecule has 2 aromatic rings. The van der Waals surface area contributed by atoms with Gasteiger partial charge in [0.2, 0.25) is 5.91 Å². The Hall–Kier alpha value is -2.48. The maximum Gasteiger partial charge on any atom is 0.417 e. The van der Waals surface area contributed by atoms with Crippen LogP contribution < -0.4 is 15.6 Å². The molecule has 0 fully saturated rings. The third-order valence-corrected chi connectivity index (χ3v) is 4.52. The first-order valence-corrected chi connectivity index (χ1v) is 9.85. The van der Waals surface area contributed by atoms with Gasteiger partial charge in [0.05, 0.1) is 11.7 Å². The summed E-state index contributed by atoms with van der Waals surface area (Å²) < 4.78 is 44.9. The van der Waals surface area contributed by atoms with Gasteiger partial charge in [0.25, 0.3) is 5.56 Å². The fourth-order valence-corrected chi connectivity index (χ4v) is 3.04. The van der Waals surface area contributed by atoms with Crippen LogP contribution in [0, 0.1) is 0 Å². The number of alkyl halides is 3. The molecule has 0 aliphatic heterocycles. The van der Waals surface area contributed by atoms with Crippen LogP contribution in [0.2, 0.25) is 5.02 Å². The van der Waals surface area contributed by atoms with Crippen LogP contribution in [0.15, 0.2) is 41.3 Å². The zero-order chi connectivity index (χ0) is 22.5. The number of aryl methyl sites for hydroxylation is 1. The normalized spacial score (nSPS) is 12.7. The zero-order valence-electron chi connectivity index (χ0n) is 16.9. The highest BCUT2D eigenvalue weighted by molar-refractivity contribution is 6.30. The number of pyridine rings is 1. The number of ether oxygens (including phenoxy) is 1. The molecule has 1 N–H and O–H groups in total. The number of aromatic nitrogens is 1. The van der Waals surface area contributed by atoms with E-state index in [1.165, 1.54) is 0 Å². The fourth-order valence-electron chi connectivity index (χ4n) is 2.81. The van der Waals surface area contributed by atoms with Crippen LogP contribution in [0.25, 0.3) is 0 Å². The summed E-state index contributed by atoms with van der Waals surface area (Å²) in [5.74, 6) is 0.209. The maximum atomic E-state index is 12.9. The molecule has 2 rings (SSSR count). The van der Waals surface area contributed by atoms with Crippen molar-refractivity contribution in [1.82, 2.24) is 9.88 Å². The Morgan fingerprint density at radius 2 is 1.83 bits per heavy atom. The number of nitrogens with zero attached hydrogens (tertiary/aromatic N) is 1. The Morgan fingerprint density at radius 1 is 1.20 bits per heavy atom. The van der Waals surface area contributed by atoms with Crippen LogP contribution >= 0.6 is 11.6 Å². The van der Waals surface area contributed by atoms with Gasteiger partial charge in [0, 0.05) is 12.2 Å². The first kappa shape index (κ1) is 23.8. The molecule has 0 saturated carbocycles. The molecular weight excluding hydrogens is 421 g/mol. The monoisotopic (exact) mass is 444 g/mol. The van der Waals surface area contributed by atoms with E-state index in [4.69, 9.17) is 16.3 Å². The van der Waals surface area contributed by atoms with E-state index in [9.17, 15) is 22.8 Å². The van der Waals surface area contributed by atoms with E-state index >= 15 is 0 Å². The summed E-state index contributed by atoms with van der Waals surface area (Å²) in [6.07, 6.45) is -2.67. The molecule has 0 aliphatic carbocycles. The predicted molar refractivity (Wildman–Crippen MR) is 109 cm³/mol. The summed E-state index contributed by atoms with van der Waals surface area (Å²) in [4.78, 5) is 24.1. The number of hydrogen-bond acceptors (Lipinski definition) is 3. The summed E-state index contributed by atoms with van der Waals surface area (Å²) in [5, 5.41) is 2.11. The molecule has 9 heteroatoms. The second-order valence-corrected chi connectivity index (χ2v) is 7.73. The topological polar surface area (TPSA) is 60.3 Å². The lowest BCUT2D eigenvalue weighted by Gasteiger charge is -2.16. The Labute approximate surface area is 177 Å². The highest BCUT2D eigenvalue weighted by Gasteiger charge is 2.32. The van der Waals surface area contributed by atoms with Gasteiger partial charge in [-0.2, -0.15) is 13.2 Å². The van der Waals surface area contributed by atoms with Crippen molar-refractivity contribution in [3.8, 4) is 5.75 Å². The van der Waals surface area contributed by atoms with E-state index in [1.807, 2.05) is 38.1 Å². The molecule has 1 aromatic carbocycles. The third-order valence-electron chi connectivity index (χ3n) is 4.25. The van der Waals surface area contributed by atoms with Gasteiger partial charge in [-0.15, -0.1) is 0 Å². The predicted octanol–water partition coefficient (Wildman–Crippen LogP) is 4.45. The van der Waals surface area contributed by atoms with Gasteiger partial charge in [-0.25, -0.2) is 0 Å². The first-order valence-electron chi connectivity index (χ1n) is 9.48. The van der Waals surface area contributed by atoms with Gasteiger partial charge in [-0.1, -0.05) is 23.7 Å². The van der Waals surface area contributed by atoms with E-state index in [0.717, 1.165) is 11.3 Å². The highest BCUT2D eigenvalue weighted by atomic mass is 35.5. The summed E-state index contributed by atoms with van der Waals surface area (Å²) in [6, 6.07) is 7.96. The summed E-state index contributed by atoms with van der Waals surface area (Å²) in [7, 11) is 0. The molecule has 0 spiro atoms. The average Bonchev–Trinajstić information content (AvgIpc) is 2.63. The Kier molecular flexibility index (Phi) is 7.95.